The van der Waals surface area contributed by atoms with Crippen molar-refractivity contribution in [3.8, 4) is 0 Å². The second-order valence-electron chi connectivity index (χ2n) is 6.40. The van der Waals surface area contributed by atoms with Crippen LogP contribution in [0.15, 0.2) is 18.2 Å². The van der Waals surface area contributed by atoms with Crippen LogP contribution in [0.25, 0.3) is 0 Å². The highest BCUT2D eigenvalue weighted by Crippen LogP contribution is 2.28. The summed E-state index contributed by atoms with van der Waals surface area (Å²) in [4.78, 5) is 13.9. The number of benzene rings is 1. The Bertz CT molecular complexity index is 505. The Morgan fingerprint density at radius 3 is 2.76 bits per heavy atom. The molecule has 1 aliphatic heterocycles. The van der Waals surface area contributed by atoms with Crippen molar-refractivity contribution in [1.82, 2.24) is 10.2 Å². The summed E-state index contributed by atoms with van der Waals surface area (Å²) in [6.45, 7) is 9.62. The highest BCUT2D eigenvalue weighted by Gasteiger charge is 2.29. The topological polar surface area (TPSA) is 41.6 Å². The average molecular weight is 311 g/mol. The summed E-state index contributed by atoms with van der Waals surface area (Å²) in [6, 6.07) is 5.91. The van der Waals surface area contributed by atoms with Gasteiger partial charge in [-0.25, -0.2) is 4.79 Å². The van der Waals surface area contributed by atoms with E-state index in [0.29, 0.717) is 13.1 Å². The summed E-state index contributed by atoms with van der Waals surface area (Å²) in [5.41, 5.74) is 1.72. The van der Waals surface area contributed by atoms with Crippen LogP contribution in [0.3, 0.4) is 0 Å². The van der Waals surface area contributed by atoms with Crippen molar-refractivity contribution < 1.29 is 9.53 Å². The van der Waals surface area contributed by atoms with Crippen molar-refractivity contribution in [3.05, 3.63) is 34.3 Å². The van der Waals surface area contributed by atoms with Gasteiger partial charge in [0.1, 0.15) is 5.60 Å². The van der Waals surface area contributed by atoms with E-state index in [9.17, 15) is 4.79 Å². The zero-order valence-electron chi connectivity index (χ0n) is 13.1. The van der Waals surface area contributed by atoms with E-state index in [4.69, 9.17) is 16.3 Å². The Morgan fingerprint density at radius 1 is 1.43 bits per heavy atom. The molecular weight excluding hydrogens is 288 g/mol. The number of carbonyl (C=O) groups excluding carboxylic acids is 1. The van der Waals surface area contributed by atoms with Crippen molar-refractivity contribution in [2.45, 2.75) is 39.3 Å². The Hall–Kier alpha value is -1.26. The minimum Gasteiger partial charge on any atom is -0.444 e. The maximum Gasteiger partial charge on any atom is 0.410 e. The van der Waals surface area contributed by atoms with E-state index in [1.165, 1.54) is 0 Å². The highest BCUT2D eigenvalue weighted by molar-refractivity contribution is 6.31. The number of hydrogen-bond acceptors (Lipinski definition) is 3. The van der Waals surface area contributed by atoms with Gasteiger partial charge < -0.3 is 15.0 Å². The molecule has 2 rings (SSSR count). The summed E-state index contributed by atoms with van der Waals surface area (Å²) in [5, 5.41) is 4.17. The first-order chi connectivity index (χ1) is 9.78. The first kappa shape index (κ1) is 16.1. The molecule has 0 saturated carbocycles. The lowest BCUT2D eigenvalue weighted by molar-refractivity contribution is 0.0195. The van der Waals surface area contributed by atoms with Crippen LogP contribution in [0.5, 0.6) is 0 Å². The molecule has 0 spiro atoms. The molecule has 0 bridgehead atoms. The van der Waals surface area contributed by atoms with Crippen LogP contribution in [0.2, 0.25) is 5.02 Å². The zero-order chi connectivity index (χ0) is 15.6. The summed E-state index contributed by atoms with van der Waals surface area (Å²) < 4.78 is 5.45. The Labute approximate surface area is 131 Å². The second-order valence-corrected chi connectivity index (χ2v) is 6.81. The van der Waals surface area contributed by atoms with Crippen LogP contribution < -0.4 is 5.32 Å². The molecule has 116 valence electrons. The minimum atomic E-state index is -0.474. The number of nitrogens with zero attached hydrogens (tertiary/aromatic N) is 1. The third-order valence-corrected chi connectivity index (χ3v) is 3.78. The van der Waals surface area contributed by atoms with Crippen molar-refractivity contribution in [3.63, 3.8) is 0 Å². The highest BCUT2D eigenvalue weighted by atomic mass is 35.5. The van der Waals surface area contributed by atoms with E-state index in [1.54, 1.807) is 4.90 Å². The summed E-state index contributed by atoms with van der Waals surface area (Å²) in [5.74, 6) is 0. The maximum absolute atomic E-state index is 12.2. The average Bonchev–Trinajstić information content (AvgIpc) is 2.37. The SMILES string of the molecule is Cc1cccc(Cl)c1C1CN(C(=O)OC(C)(C)C)CCN1. The lowest BCUT2D eigenvalue weighted by atomic mass is 9.99. The first-order valence-corrected chi connectivity index (χ1v) is 7.62. The van der Waals surface area contributed by atoms with Gasteiger partial charge >= 0.3 is 6.09 Å². The van der Waals surface area contributed by atoms with Gasteiger partial charge in [-0.1, -0.05) is 23.7 Å². The van der Waals surface area contributed by atoms with Gasteiger partial charge in [-0.3, -0.25) is 0 Å². The molecule has 0 aromatic heterocycles. The predicted molar refractivity (Wildman–Crippen MR) is 84.7 cm³/mol. The van der Waals surface area contributed by atoms with Gasteiger partial charge in [0, 0.05) is 24.7 Å². The van der Waals surface area contributed by atoms with E-state index in [2.05, 4.69) is 5.32 Å². The molecule has 5 heteroatoms. The smallest absolute Gasteiger partial charge is 0.410 e. The summed E-state index contributed by atoms with van der Waals surface area (Å²) >= 11 is 6.32. The molecule has 1 aromatic carbocycles. The summed E-state index contributed by atoms with van der Waals surface area (Å²) in [6.07, 6.45) is -0.265. The van der Waals surface area contributed by atoms with Crippen molar-refractivity contribution in [1.29, 1.82) is 0 Å². The molecule has 21 heavy (non-hydrogen) atoms. The maximum atomic E-state index is 12.2. The molecule has 1 saturated heterocycles. The zero-order valence-corrected chi connectivity index (χ0v) is 13.8. The van der Waals surface area contributed by atoms with Crippen LogP contribution in [0.1, 0.15) is 37.9 Å². The number of hydrogen-bond donors (Lipinski definition) is 1. The minimum absolute atomic E-state index is 0.0416. The summed E-state index contributed by atoms with van der Waals surface area (Å²) in [7, 11) is 0. The number of amides is 1. The Balaban J connectivity index is 2.13. The van der Waals surface area contributed by atoms with Crippen molar-refractivity contribution in [2.75, 3.05) is 19.6 Å². The molecule has 1 aliphatic rings. The Kier molecular flexibility index (Phi) is 4.79. The third kappa shape index (κ3) is 4.11. The number of carbonyl (C=O) groups is 1. The standard InChI is InChI=1S/C16H23ClN2O2/c1-11-6-5-7-12(17)14(11)13-10-19(9-8-18-13)15(20)21-16(2,3)4/h5-7,13,18H,8-10H2,1-4H3. The molecule has 1 fully saturated rings. The Morgan fingerprint density at radius 2 is 2.14 bits per heavy atom. The largest absolute Gasteiger partial charge is 0.444 e. The van der Waals surface area contributed by atoms with Gasteiger partial charge in [0.15, 0.2) is 0 Å². The molecule has 1 N–H and O–H groups in total. The van der Waals surface area contributed by atoms with E-state index in [1.807, 2.05) is 45.9 Å². The quantitative estimate of drug-likeness (QED) is 0.863. The molecular formula is C16H23ClN2O2. The fraction of sp³-hybridized carbons (Fsp3) is 0.562. The predicted octanol–water partition coefficient (Wildman–Crippen LogP) is 3.53. The number of rotatable bonds is 1. The molecule has 0 radical (unpaired) electrons. The molecule has 1 unspecified atom stereocenters. The number of aryl methyl sites for hydroxylation is 1. The second kappa shape index (κ2) is 6.24. The number of nitrogens with one attached hydrogen (secondary N) is 1. The lowest BCUT2D eigenvalue weighted by Gasteiger charge is -2.35. The van der Waals surface area contributed by atoms with Crippen LogP contribution in [-0.4, -0.2) is 36.2 Å². The van der Waals surface area contributed by atoms with Crippen molar-refractivity contribution >= 4 is 17.7 Å². The number of piperazine rings is 1. The third-order valence-electron chi connectivity index (χ3n) is 3.45. The van der Waals surface area contributed by atoms with Crippen LogP contribution in [0, 0.1) is 6.92 Å². The van der Waals surface area contributed by atoms with E-state index in [0.717, 1.165) is 22.7 Å². The first-order valence-electron chi connectivity index (χ1n) is 7.24. The van der Waals surface area contributed by atoms with E-state index in [-0.39, 0.29) is 12.1 Å². The monoisotopic (exact) mass is 310 g/mol. The number of ether oxygens (including phenoxy) is 1. The van der Waals surface area contributed by atoms with Crippen molar-refractivity contribution in [2.24, 2.45) is 0 Å². The fourth-order valence-corrected chi connectivity index (χ4v) is 2.88. The molecule has 1 heterocycles. The van der Waals surface area contributed by atoms with E-state index < -0.39 is 5.60 Å². The van der Waals surface area contributed by atoms with E-state index >= 15 is 0 Å². The molecule has 0 aliphatic carbocycles. The van der Waals surface area contributed by atoms with Gasteiger partial charge in [-0.2, -0.15) is 0 Å². The molecule has 4 nitrogen and oxygen atoms in total. The van der Waals surface area contributed by atoms with Crippen LogP contribution in [-0.2, 0) is 4.74 Å². The normalized spacial score (nSPS) is 19.5. The van der Waals surface area contributed by atoms with Gasteiger partial charge in [-0.05, 0) is 44.9 Å². The fourth-order valence-electron chi connectivity index (χ4n) is 2.52. The number of halogens is 1. The van der Waals surface area contributed by atoms with Crippen LogP contribution in [0.4, 0.5) is 4.79 Å². The van der Waals surface area contributed by atoms with Gasteiger partial charge in [0.05, 0.1) is 6.04 Å². The van der Waals surface area contributed by atoms with Gasteiger partial charge in [-0.15, -0.1) is 0 Å². The van der Waals surface area contributed by atoms with Gasteiger partial charge in [0.2, 0.25) is 0 Å². The van der Waals surface area contributed by atoms with Gasteiger partial charge in [0.25, 0.3) is 0 Å². The lowest BCUT2D eigenvalue weighted by Crippen LogP contribution is -2.49. The molecule has 1 atom stereocenters. The van der Waals surface area contributed by atoms with Crippen LogP contribution >= 0.6 is 11.6 Å². The molecule has 1 aromatic rings. The molecule has 1 amide bonds.